The molecule has 0 radical (unpaired) electrons. The van der Waals surface area contributed by atoms with Crippen LogP contribution in [0.3, 0.4) is 0 Å². The van der Waals surface area contributed by atoms with E-state index in [1.807, 2.05) is 4.68 Å². The highest BCUT2D eigenvalue weighted by atomic mass is 19.1. The van der Waals surface area contributed by atoms with Gasteiger partial charge in [-0.3, -0.25) is 9.48 Å². The highest BCUT2D eigenvalue weighted by molar-refractivity contribution is 5.94. The van der Waals surface area contributed by atoms with Crippen LogP contribution in [-0.2, 0) is 19.5 Å². The number of H-pyrrole nitrogens is 1. The summed E-state index contributed by atoms with van der Waals surface area (Å²) in [4.78, 5) is 22.1. The molecule has 0 unspecified atom stereocenters. The minimum atomic E-state index is -0.543. The van der Waals surface area contributed by atoms with Crippen LogP contribution in [0.5, 0.6) is 5.75 Å². The molecule has 0 spiro atoms. The van der Waals surface area contributed by atoms with Gasteiger partial charge in [0.1, 0.15) is 5.69 Å². The first-order valence-corrected chi connectivity index (χ1v) is 9.33. The fourth-order valence-electron chi connectivity index (χ4n) is 3.63. The number of aromatic nitrogens is 4. The summed E-state index contributed by atoms with van der Waals surface area (Å²) in [5, 5.41) is 4.74. The van der Waals surface area contributed by atoms with E-state index in [2.05, 4.69) is 16.9 Å². The lowest BCUT2D eigenvalue weighted by molar-refractivity contribution is 0.0733. The van der Waals surface area contributed by atoms with Crippen molar-refractivity contribution in [2.24, 2.45) is 0 Å². The van der Waals surface area contributed by atoms with Crippen molar-refractivity contribution in [3.05, 3.63) is 53.2 Å². The van der Waals surface area contributed by atoms with Crippen LogP contribution in [0.15, 0.2) is 30.6 Å². The molecule has 3 aromatic rings. The lowest BCUT2D eigenvalue weighted by Gasteiger charge is -2.28. The maximum absolute atomic E-state index is 14.0. The van der Waals surface area contributed by atoms with Crippen molar-refractivity contribution in [2.75, 3.05) is 13.7 Å². The number of ether oxygens (including phenoxy) is 1. The number of nitrogens with one attached hydrogen (secondary N) is 1. The molecule has 4 rings (SSSR count). The van der Waals surface area contributed by atoms with Gasteiger partial charge < -0.3 is 14.6 Å². The van der Waals surface area contributed by atoms with Gasteiger partial charge in [-0.05, 0) is 24.6 Å². The number of hydrogen-bond acceptors (Lipinski definition) is 4. The fraction of sp³-hybridized carbons (Fsp3) is 0.350. The van der Waals surface area contributed by atoms with Gasteiger partial charge in [0.25, 0.3) is 5.91 Å². The normalized spacial score (nSPS) is 13.5. The summed E-state index contributed by atoms with van der Waals surface area (Å²) in [6, 6.07) is 4.30. The Bertz CT molecular complexity index is 996. The summed E-state index contributed by atoms with van der Waals surface area (Å²) in [5.41, 5.74) is 3.21. The number of rotatable bonds is 5. The van der Waals surface area contributed by atoms with E-state index < -0.39 is 5.82 Å². The zero-order valence-corrected chi connectivity index (χ0v) is 15.9. The molecule has 7 nitrogen and oxygen atoms in total. The highest BCUT2D eigenvalue weighted by Crippen LogP contribution is 2.29. The van der Waals surface area contributed by atoms with Gasteiger partial charge in [-0.2, -0.15) is 5.10 Å². The van der Waals surface area contributed by atoms with Crippen LogP contribution in [0.25, 0.3) is 11.5 Å². The van der Waals surface area contributed by atoms with Crippen molar-refractivity contribution < 1.29 is 13.9 Å². The summed E-state index contributed by atoms with van der Waals surface area (Å²) in [5.74, 6) is 0.0632. The second-order valence-electron chi connectivity index (χ2n) is 6.76. The first-order chi connectivity index (χ1) is 13.6. The minimum Gasteiger partial charge on any atom is -0.494 e. The number of fused-ring (bicyclic) bond motifs is 1. The van der Waals surface area contributed by atoms with Crippen molar-refractivity contribution in [3.63, 3.8) is 0 Å². The van der Waals surface area contributed by atoms with E-state index >= 15 is 0 Å². The van der Waals surface area contributed by atoms with E-state index in [-0.39, 0.29) is 11.7 Å². The quantitative estimate of drug-likeness (QED) is 0.735. The zero-order chi connectivity index (χ0) is 19.7. The SMILES string of the molecule is CCCn1nc(-c2ncc[nH]2)c2c1CCN(C(=O)c1ccc(OC)c(F)c1)C2. The summed E-state index contributed by atoms with van der Waals surface area (Å²) < 4.78 is 21.0. The third-order valence-corrected chi connectivity index (χ3v) is 4.98. The van der Waals surface area contributed by atoms with Gasteiger partial charge in [-0.15, -0.1) is 0 Å². The van der Waals surface area contributed by atoms with Crippen LogP contribution in [-0.4, -0.2) is 44.2 Å². The Morgan fingerprint density at radius 2 is 2.25 bits per heavy atom. The summed E-state index contributed by atoms with van der Waals surface area (Å²) in [7, 11) is 1.40. The number of carbonyl (C=O) groups is 1. The molecule has 0 fully saturated rings. The Kier molecular flexibility index (Phi) is 4.85. The average molecular weight is 383 g/mol. The molecule has 1 N–H and O–H groups in total. The number of hydrogen-bond donors (Lipinski definition) is 1. The number of aryl methyl sites for hydroxylation is 1. The molecule has 3 heterocycles. The second kappa shape index (κ2) is 7.46. The van der Waals surface area contributed by atoms with Crippen molar-refractivity contribution in [3.8, 4) is 17.3 Å². The minimum absolute atomic E-state index is 0.124. The number of carbonyl (C=O) groups excluding carboxylic acids is 1. The van der Waals surface area contributed by atoms with E-state index in [1.54, 1.807) is 23.4 Å². The number of nitrogens with zero attached hydrogens (tertiary/aromatic N) is 4. The van der Waals surface area contributed by atoms with Crippen molar-refractivity contribution in [1.29, 1.82) is 0 Å². The fourth-order valence-corrected chi connectivity index (χ4v) is 3.63. The number of halogens is 1. The molecule has 0 bridgehead atoms. The molecule has 2 aromatic heterocycles. The molecular weight excluding hydrogens is 361 g/mol. The molecule has 0 saturated heterocycles. The monoisotopic (exact) mass is 383 g/mol. The van der Waals surface area contributed by atoms with Gasteiger partial charge in [0.15, 0.2) is 17.4 Å². The number of amides is 1. The molecular formula is C20H22FN5O2. The Balaban J connectivity index is 1.65. The molecule has 1 aliphatic heterocycles. The van der Waals surface area contributed by atoms with Gasteiger partial charge in [0, 0.05) is 48.7 Å². The van der Waals surface area contributed by atoms with E-state index in [1.165, 1.54) is 19.2 Å². The number of benzene rings is 1. The molecule has 0 aliphatic carbocycles. The van der Waals surface area contributed by atoms with Crippen LogP contribution >= 0.6 is 0 Å². The molecule has 1 aliphatic rings. The van der Waals surface area contributed by atoms with E-state index in [9.17, 15) is 9.18 Å². The van der Waals surface area contributed by atoms with Crippen LogP contribution < -0.4 is 4.74 Å². The van der Waals surface area contributed by atoms with Gasteiger partial charge in [0.2, 0.25) is 0 Å². The number of methoxy groups -OCH3 is 1. The Morgan fingerprint density at radius 1 is 1.39 bits per heavy atom. The van der Waals surface area contributed by atoms with Crippen LogP contribution in [0.2, 0.25) is 0 Å². The average Bonchev–Trinajstić information content (AvgIpc) is 3.35. The highest BCUT2D eigenvalue weighted by Gasteiger charge is 2.29. The van der Waals surface area contributed by atoms with Gasteiger partial charge >= 0.3 is 0 Å². The van der Waals surface area contributed by atoms with Gasteiger partial charge in [-0.1, -0.05) is 6.92 Å². The van der Waals surface area contributed by atoms with E-state index in [0.29, 0.717) is 30.9 Å². The van der Waals surface area contributed by atoms with Crippen LogP contribution in [0.1, 0.15) is 35.0 Å². The largest absolute Gasteiger partial charge is 0.494 e. The maximum atomic E-state index is 14.0. The van der Waals surface area contributed by atoms with E-state index in [0.717, 1.165) is 29.9 Å². The lowest BCUT2D eigenvalue weighted by atomic mass is 10.0. The molecule has 28 heavy (non-hydrogen) atoms. The zero-order valence-electron chi connectivity index (χ0n) is 15.9. The first kappa shape index (κ1) is 18.2. The number of aromatic amines is 1. The summed E-state index contributed by atoms with van der Waals surface area (Å²) in [6.45, 7) is 3.91. The smallest absolute Gasteiger partial charge is 0.254 e. The Hall–Kier alpha value is -3.16. The molecule has 1 amide bonds. The third kappa shape index (κ3) is 3.15. The number of imidazole rings is 1. The summed E-state index contributed by atoms with van der Waals surface area (Å²) in [6.07, 6.45) is 5.12. The van der Waals surface area contributed by atoms with Gasteiger partial charge in [-0.25, -0.2) is 9.37 Å². The molecule has 8 heteroatoms. The Morgan fingerprint density at radius 3 is 2.93 bits per heavy atom. The van der Waals surface area contributed by atoms with Crippen LogP contribution in [0, 0.1) is 5.82 Å². The molecule has 0 saturated carbocycles. The molecule has 1 aromatic carbocycles. The van der Waals surface area contributed by atoms with Crippen molar-refractivity contribution in [2.45, 2.75) is 32.9 Å². The molecule has 146 valence electrons. The standard InChI is InChI=1S/C20H22FN5O2/c1-3-9-26-16-6-10-25(12-14(16)18(24-26)19-22-7-8-23-19)20(27)13-4-5-17(28-2)15(21)11-13/h4-5,7-8,11H,3,6,9-10,12H2,1-2H3,(H,22,23). The van der Waals surface area contributed by atoms with E-state index in [4.69, 9.17) is 9.84 Å². The topological polar surface area (TPSA) is 76.0 Å². The van der Waals surface area contributed by atoms with Gasteiger partial charge in [0.05, 0.1) is 13.7 Å². The first-order valence-electron chi connectivity index (χ1n) is 9.33. The van der Waals surface area contributed by atoms with Crippen molar-refractivity contribution in [1.82, 2.24) is 24.6 Å². The lowest BCUT2D eigenvalue weighted by Crippen LogP contribution is -2.36. The third-order valence-electron chi connectivity index (χ3n) is 4.98. The van der Waals surface area contributed by atoms with Crippen LogP contribution in [0.4, 0.5) is 4.39 Å². The molecule has 0 atom stereocenters. The summed E-state index contributed by atoms with van der Waals surface area (Å²) >= 11 is 0. The maximum Gasteiger partial charge on any atom is 0.254 e. The van der Waals surface area contributed by atoms with Crippen molar-refractivity contribution >= 4 is 5.91 Å². The Labute approximate surface area is 162 Å². The second-order valence-corrected chi connectivity index (χ2v) is 6.76. The predicted molar refractivity (Wildman–Crippen MR) is 101 cm³/mol. The predicted octanol–water partition coefficient (Wildman–Crippen LogP) is 3.03.